The minimum atomic E-state index is -0.630. The van der Waals surface area contributed by atoms with E-state index in [0.29, 0.717) is 0 Å². The van der Waals surface area contributed by atoms with Crippen molar-refractivity contribution in [2.75, 3.05) is 0 Å². The monoisotopic (exact) mass is 175 g/mol. The van der Waals surface area contributed by atoms with Crippen LogP contribution >= 0.6 is 11.6 Å². The van der Waals surface area contributed by atoms with Gasteiger partial charge in [-0.3, -0.25) is 4.79 Å². The largest absolute Gasteiger partial charge is 0.350 e. The quantitative estimate of drug-likeness (QED) is 0.503. The molecule has 0 aromatic heterocycles. The molecule has 0 aliphatic heterocycles. The van der Waals surface area contributed by atoms with Crippen molar-refractivity contribution in [2.24, 2.45) is 0 Å². The highest BCUT2D eigenvalue weighted by molar-refractivity contribution is 6.32. The van der Waals surface area contributed by atoms with Gasteiger partial charge >= 0.3 is 0 Å². The second kappa shape index (κ2) is 3.77. The SMILES string of the molecule is C=CC(Cl)C(=O)NC(C)(C)C. The van der Waals surface area contributed by atoms with Gasteiger partial charge in [0.15, 0.2) is 0 Å². The average Bonchev–Trinajstić information content (AvgIpc) is 1.82. The maximum absolute atomic E-state index is 11.1. The summed E-state index contributed by atoms with van der Waals surface area (Å²) in [5, 5.41) is 2.10. The van der Waals surface area contributed by atoms with E-state index in [9.17, 15) is 4.79 Å². The minimum absolute atomic E-state index is 0.200. The summed E-state index contributed by atoms with van der Waals surface area (Å²) < 4.78 is 0. The molecule has 0 saturated carbocycles. The van der Waals surface area contributed by atoms with E-state index < -0.39 is 5.38 Å². The Morgan fingerprint density at radius 3 is 2.36 bits per heavy atom. The van der Waals surface area contributed by atoms with Gasteiger partial charge in [0.05, 0.1) is 0 Å². The first-order valence-electron chi connectivity index (χ1n) is 3.45. The minimum Gasteiger partial charge on any atom is -0.350 e. The van der Waals surface area contributed by atoms with E-state index in [4.69, 9.17) is 11.6 Å². The zero-order chi connectivity index (χ0) is 9.07. The molecule has 0 aliphatic carbocycles. The third-order valence-electron chi connectivity index (χ3n) is 0.956. The summed E-state index contributed by atoms with van der Waals surface area (Å²) >= 11 is 5.59. The van der Waals surface area contributed by atoms with E-state index in [1.54, 1.807) is 0 Å². The van der Waals surface area contributed by atoms with Crippen molar-refractivity contribution in [1.82, 2.24) is 5.32 Å². The van der Waals surface area contributed by atoms with Crippen LogP contribution in [0.25, 0.3) is 0 Å². The van der Waals surface area contributed by atoms with Crippen LogP contribution in [-0.4, -0.2) is 16.8 Å². The molecule has 3 heteroatoms. The number of alkyl halides is 1. The number of hydrogen-bond acceptors (Lipinski definition) is 1. The first kappa shape index (κ1) is 10.5. The van der Waals surface area contributed by atoms with E-state index in [0.717, 1.165) is 0 Å². The Balaban J connectivity index is 3.98. The molecule has 0 bridgehead atoms. The number of nitrogens with one attached hydrogen (secondary N) is 1. The van der Waals surface area contributed by atoms with Gasteiger partial charge in [0, 0.05) is 5.54 Å². The highest BCUT2D eigenvalue weighted by Crippen LogP contribution is 2.03. The lowest BCUT2D eigenvalue weighted by Gasteiger charge is -2.21. The second-order valence-corrected chi connectivity index (χ2v) is 3.85. The molecule has 1 unspecified atom stereocenters. The van der Waals surface area contributed by atoms with Gasteiger partial charge in [-0.25, -0.2) is 0 Å². The molecule has 1 atom stereocenters. The van der Waals surface area contributed by atoms with Gasteiger partial charge in [-0.1, -0.05) is 6.08 Å². The molecule has 1 amide bonds. The summed E-state index contributed by atoms with van der Waals surface area (Å²) in [6.45, 7) is 9.12. The van der Waals surface area contributed by atoms with E-state index in [1.807, 2.05) is 20.8 Å². The highest BCUT2D eigenvalue weighted by atomic mass is 35.5. The predicted octanol–water partition coefficient (Wildman–Crippen LogP) is 1.69. The molecule has 0 saturated heterocycles. The van der Waals surface area contributed by atoms with Crippen LogP contribution < -0.4 is 5.32 Å². The molecular formula is C8H14ClNO. The molecule has 0 heterocycles. The summed E-state index contributed by atoms with van der Waals surface area (Å²) in [6, 6.07) is 0. The normalized spacial score (nSPS) is 13.8. The zero-order valence-corrected chi connectivity index (χ0v) is 7.90. The molecule has 2 nitrogen and oxygen atoms in total. The highest BCUT2D eigenvalue weighted by Gasteiger charge is 2.17. The van der Waals surface area contributed by atoms with Crippen molar-refractivity contribution < 1.29 is 4.79 Å². The average molecular weight is 176 g/mol. The number of amides is 1. The van der Waals surface area contributed by atoms with Crippen molar-refractivity contribution >= 4 is 17.5 Å². The molecule has 0 fully saturated rings. The third-order valence-corrected chi connectivity index (χ3v) is 1.33. The Morgan fingerprint density at radius 2 is 2.09 bits per heavy atom. The van der Waals surface area contributed by atoms with Crippen LogP contribution in [0.2, 0.25) is 0 Å². The molecule has 11 heavy (non-hydrogen) atoms. The Labute approximate surface area is 72.6 Å². The number of carbonyl (C=O) groups excluding carboxylic acids is 1. The van der Waals surface area contributed by atoms with Gasteiger partial charge in [0.25, 0.3) is 0 Å². The Hall–Kier alpha value is -0.500. The van der Waals surface area contributed by atoms with Crippen LogP contribution in [0.3, 0.4) is 0 Å². The van der Waals surface area contributed by atoms with Crippen molar-refractivity contribution in [3.8, 4) is 0 Å². The summed E-state index contributed by atoms with van der Waals surface area (Å²) in [4.78, 5) is 11.1. The maximum atomic E-state index is 11.1. The van der Waals surface area contributed by atoms with Crippen molar-refractivity contribution in [3.05, 3.63) is 12.7 Å². The van der Waals surface area contributed by atoms with E-state index in [2.05, 4.69) is 11.9 Å². The van der Waals surface area contributed by atoms with Gasteiger partial charge in [-0.15, -0.1) is 18.2 Å². The topological polar surface area (TPSA) is 29.1 Å². The van der Waals surface area contributed by atoms with Gasteiger partial charge in [0.2, 0.25) is 5.91 Å². The molecule has 0 aromatic carbocycles. The van der Waals surface area contributed by atoms with Crippen LogP contribution in [0.1, 0.15) is 20.8 Å². The van der Waals surface area contributed by atoms with Crippen molar-refractivity contribution in [1.29, 1.82) is 0 Å². The van der Waals surface area contributed by atoms with Gasteiger partial charge < -0.3 is 5.32 Å². The molecule has 0 aliphatic rings. The van der Waals surface area contributed by atoms with Crippen molar-refractivity contribution in [3.63, 3.8) is 0 Å². The lowest BCUT2D eigenvalue weighted by atomic mass is 10.1. The number of halogens is 1. The molecule has 1 N–H and O–H groups in total. The van der Waals surface area contributed by atoms with Crippen molar-refractivity contribution in [2.45, 2.75) is 31.7 Å². The van der Waals surface area contributed by atoms with Crippen LogP contribution in [-0.2, 0) is 4.79 Å². The number of carbonyl (C=O) groups is 1. The van der Waals surface area contributed by atoms with Gasteiger partial charge in [-0.05, 0) is 20.8 Å². The smallest absolute Gasteiger partial charge is 0.242 e. The third kappa shape index (κ3) is 4.85. The van der Waals surface area contributed by atoms with E-state index in [-0.39, 0.29) is 11.4 Å². The molecular weight excluding hydrogens is 162 g/mol. The van der Waals surface area contributed by atoms with Crippen LogP contribution in [0, 0.1) is 0 Å². The Kier molecular flexibility index (Phi) is 3.59. The fourth-order valence-corrected chi connectivity index (χ4v) is 0.600. The van der Waals surface area contributed by atoms with Crippen LogP contribution in [0.15, 0.2) is 12.7 Å². The van der Waals surface area contributed by atoms with E-state index in [1.165, 1.54) is 6.08 Å². The molecule has 64 valence electrons. The lowest BCUT2D eigenvalue weighted by molar-refractivity contribution is -0.121. The summed E-state index contributed by atoms with van der Waals surface area (Å²) in [6.07, 6.45) is 1.41. The Bertz CT molecular complexity index is 160. The molecule has 0 aromatic rings. The maximum Gasteiger partial charge on any atom is 0.242 e. The first-order chi connectivity index (χ1) is 4.87. The summed E-state index contributed by atoms with van der Waals surface area (Å²) in [5.41, 5.74) is -0.229. The zero-order valence-electron chi connectivity index (χ0n) is 7.15. The number of rotatable bonds is 2. The lowest BCUT2D eigenvalue weighted by Crippen LogP contribution is -2.43. The molecule has 0 radical (unpaired) electrons. The fourth-order valence-electron chi connectivity index (χ4n) is 0.546. The van der Waals surface area contributed by atoms with Crippen LogP contribution in [0.4, 0.5) is 0 Å². The van der Waals surface area contributed by atoms with Gasteiger partial charge in [0.1, 0.15) is 5.38 Å². The van der Waals surface area contributed by atoms with E-state index >= 15 is 0 Å². The number of hydrogen-bond donors (Lipinski definition) is 1. The fraction of sp³-hybridized carbons (Fsp3) is 0.625. The Morgan fingerprint density at radius 1 is 1.64 bits per heavy atom. The second-order valence-electron chi connectivity index (χ2n) is 3.38. The van der Waals surface area contributed by atoms with Gasteiger partial charge in [-0.2, -0.15) is 0 Å². The first-order valence-corrected chi connectivity index (χ1v) is 3.89. The molecule has 0 spiro atoms. The predicted molar refractivity (Wildman–Crippen MR) is 47.7 cm³/mol. The summed E-state index contributed by atoms with van der Waals surface area (Å²) in [7, 11) is 0. The van der Waals surface area contributed by atoms with Crippen LogP contribution in [0.5, 0.6) is 0 Å². The summed E-state index contributed by atoms with van der Waals surface area (Å²) in [5.74, 6) is -0.200. The standard InChI is InChI=1S/C8H14ClNO/c1-5-6(9)7(11)10-8(2,3)4/h5-6H,1H2,2-4H3,(H,10,11). The molecule has 0 rings (SSSR count).